The number of ether oxygens (including phenoxy) is 1. The number of carbonyl (C=O) groups is 2. The number of benzene rings is 1. The smallest absolute Gasteiger partial charge is 0.240 e. The van der Waals surface area contributed by atoms with Gasteiger partial charge in [0.15, 0.2) is 5.78 Å². The third-order valence-corrected chi connectivity index (χ3v) is 5.55. The first-order chi connectivity index (χ1) is 12.5. The molecule has 0 saturated carbocycles. The molecule has 2 aliphatic rings. The Labute approximate surface area is 154 Å². The summed E-state index contributed by atoms with van der Waals surface area (Å²) in [6.07, 6.45) is 2.31. The van der Waals surface area contributed by atoms with Crippen LogP contribution in [0.15, 0.2) is 18.2 Å². The summed E-state index contributed by atoms with van der Waals surface area (Å²) in [6.45, 7) is 4.27. The van der Waals surface area contributed by atoms with Gasteiger partial charge in [-0.05, 0) is 63.0 Å². The summed E-state index contributed by atoms with van der Waals surface area (Å²) in [6, 6.07) is 7.50. The van der Waals surface area contributed by atoms with E-state index in [2.05, 4.69) is 4.90 Å². The van der Waals surface area contributed by atoms with Gasteiger partial charge in [0, 0.05) is 18.0 Å². The van der Waals surface area contributed by atoms with Gasteiger partial charge < -0.3 is 9.64 Å². The van der Waals surface area contributed by atoms with Gasteiger partial charge in [-0.15, -0.1) is 0 Å². The topological polar surface area (TPSA) is 73.6 Å². The molecule has 138 valence electrons. The normalized spacial score (nSPS) is 21.7. The van der Waals surface area contributed by atoms with Gasteiger partial charge in [-0.2, -0.15) is 5.26 Å². The lowest BCUT2D eigenvalue weighted by Crippen LogP contribution is -2.46. The van der Waals surface area contributed by atoms with Gasteiger partial charge in [0.25, 0.3) is 0 Å². The molecule has 0 N–H and O–H groups in total. The first-order valence-corrected chi connectivity index (χ1v) is 9.13. The highest BCUT2D eigenvalue weighted by Gasteiger charge is 2.38. The van der Waals surface area contributed by atoms with Crippen molar-refractivity contribution in [3.05, 3.63) is 29.3 Å². The molecule has 1 atom stereocenters. The highest BCUT2D eigenvalue weighted by atomic mass is 16.5. The van der Waals surface area contributed by atoms with E-state index in [1.165, 1.54) is 0 Å². The highest BCUT2D eigenvalue weighted by molar-refractivity contribution is 5.98. The fraction of sp³-hybridized carbons (Fsp3) is 0.550. The van der Waals surface area contributed by atoms with E-state index in [1.807, 2.05) is 31.2 Å². The number of nitrogens with zero attached hydrogens (tertiary/aromatic N) is 3. The number of hydrogen-bond donors (Lipinski definition) is 0. The van der Waals surface area contributed by atoms with Gasteiger partial charge >= 0.3 is 0 Å². The molecule has 0 radical (unpaired) electrons. The molecule has 0 aliphatic carbocycles. The van der Waals surface area contributed by atoms with E-state index in [0.29, 0.717) is 6.54 Å². The molecule has 1 aromatic rings. The Morgan fingerprint density at radius 2 is 2.00 bits per heavy atom. The number of Topliss-reactive ketones (excluding diaryl/α,β-unsaturated/α-hetero) is 1. The van der Waals surface area contributed by atoms with Crippen molar-refractivity contribution in [1.82, 2.24) is 9.80 Å². The number of hydrogen-bond acceptors (Lipinski definition) is 5. The summed E-state index contributed by atoms with van der Waals surface area (Å²) < 4.78 is 5.26. The van der Waals surface area contributed by atoms with Crippen LogP contribution in [-0.2, 0) is 4.79 Å². The zero-order valence-electron chi connectivity index (χ0n) is 15.4. The Balaban J connectivity index is 1.58. The van der Waals surface area contributed by atoms with Gasteiger partial charge in [-0.3, -0.25) is 14.5 Å². The Morgan fingerprint density at radius 3 is 2.62 bits per heavy atom. The summed E-state index contributed by atoms with van der Waals surface area (Å²) in [5.41, 5.74) is 1.70. The highest BCUT2D eigenvalue weighted by Crippen LogP contribution is 2.28. The number of aryl methyl sites for hydroxylation is 1. The number of likely N-dealkylation sites (tertiary alicyclic amines) is 2. The predicted octanol–water partition coefficient (Wildman–Crippen LogP) is 2.02. The fourth-order valence-corrected chi connectivity index (χ4v) is 4.04. The van der Waals surface area contributed by atoms with Crippen LogP contribution in [0.4, 0.5) is 0 Å². The van der Waals surface area contributed by atoms with Crippen LogP contribution in [0.5, 0.6) is 5.75 Å². The maximum absolute atomic E-state index is 12.8. The minimum atomic E-state index is -0.123. The molecule has 1 unspecified atom stereocenters. The molecule has 26 heavy (non-hydrogen) atoms. The van der Waals surface area contributed by atoms with E-state index in [9.17, 15) is 9.59 Å². The second kappa shape index (κ2) is 7.88. The Morgan fingerprint density at radius 1 is 1.27 bits per heavy atom. The lowest BCUT2D eigenvalue weighted by molar-refractivity contribution is -0.132. The van der Waals surface area contributed by atoms with Crippen LogP contribution in [0.3, 0.4) is 0 Å². The first kappa shape index (κ1) is 18.4. The lowest BCUT2D eigenvalue weighted by atomic mass is 9.87. The van der Waals surface area contributed by atoms with Crippen LogP contribution < -0.4 is 4.74 Å². The molecule has 2 heterocycles. The molecule has 2 fully saturated rings. The van der Waals surface area contributed by atoms with Crippen LogP contribution in [0.1, 0.15) is 35.2 Å². The molecular weight excluding hydrogens is 330 g/mol. The molecule has 2 saturated heterocycles. The Kier molecular flexibility index (Phi) is 5.58. The molecule has 1 aromatic carbocycles. The summed E-state index contributed by atoms with van der Waals surface area (Å²) in [7, 11) is 1.63. The van der Waals surface area contributed by atoms with Crippen LogP contribution in [0.25, 0.3) is 0 Å². The van der Waals surface area contributed by atoms with E-state index in [1.54, 1.807) is 12.0 Å². The third-order valence-electron chi connectivity index (χ3n) is 5.55. The molecule has 6 nitrogen and oxygen atoms in total. The van der Waals surface area contributed by atoms with Crippen molar-refractivity contribution in [2.45, 2.75) is 32.2 Å². The van der Waals surface area contributed by atoms with Crippen molar-refractivity contribution in [1.29, 1.82) is 5.26 Å². The average molecular weight is 355 g/mol. The Hall–Kier alpha value is -2.39. The number of amides is 1. The van der Waals surface area contributed by atoms with Gasteiger partial charge in [0.05, 0.1) is 19.2 Å². The van der Waals surface area contributed by atoms with Gasteiger partial charge in [-0.1, -0.05) is 0 Å². The molecule has 1 amide bonds. The number of rotatable bonds is 5. The van der Waals surface area contributed by atoms with Crippen LogP contribution in [0, 0.1) is 24.2 Å². The molecule has 6 heteroatoms. The molecule has 0 bridgehead atoms. The predicted molar refractivity (Wildman–Crippen MR) is 97.0 cm³/mol. The summed E-state index contributed by atoms with van der Waals surface area (Å²) in [5.74, 6) is 1.03. The molecule has 0 aromatic heterocycles. The van der Waals surface area contributed by atoms with E-state index < -0.39 is 0 Å². The summed E-state index contributed by atoms with van der Waals surface area (Å²) >= 11 is 0. The number of nitriles is 1. The number of piperidine rings is 1. The number of methoxy groups -OCH3 is 1. The summed E-state index contributed by atoms with van der Waals surface area (Å²) in [4.78, 5) is 29.0. The van der Waals surface area contributed by atoms with Crippen molar-refractivity contribution < 1.29 is 14.3 Å². The van der Waals surface area contributed by atoms with Gasteiger partial charge in [0.2, 0.25) is 5.91 Å². The van der Waals surface area contributed by atoms with Crippen LogP contribution in [-0.4, -0.2) is 60.8 Å². The van der Waals surface area contributed by atoms with Crippen LogP contribution in [0.2, 0.25) is 0 Å². The van der Waals surface area contributed by atoms with Crippen molar-refractivity contribution in [2.75, 3.05) is 33.3 Å². The second-order valence-electron chi connectivity index (χ2n) is 7.08. The standard InChI is InChI=1S/C20H25N3O3/c1-14-13-16(3-4-18(14)26-2)19(24)15-5-9-22(10-6-15)17-7-11-23(12-8-21)20(17)25/h3-4,13,15,17H,5-7,9-12H2,1-2H3. The zero-order valence-corrected chi connectivity index (χ0v) is 15.4. The third kappa shape index (κ3) is 3.58. The van der Waals surface area contributed by atoms with Gasteiger partial charge in [0.1, 0.15) is 12.3 Å². The Bertz CT molecular complexity index is 732. The van der Waals surface area contributed by atoms with Crippen LogP contribution >= 0.6 is 0 Å². The van der Waals surface area contributed by atoms with Crippen molar-refractivity contribution in [3.63, 3.8) is 0 Å². The van der Waals surface area contributed by atoms with Crippen molar-refractivity contribution in [2.24, 2.45) is 5.92 Å². The zero-order chi connectivity index (χ0) is 18.7. The van der Waals surface area contributed by atoms with E-state index >= 15 is 0 Å². The fourth-order valence-electron chi connectivity index (χ4n) is 4.04. The first-order valence-electron chi connectivity index (χ1n) is 9.13. The maximum Gasteiger partial charge on any atom is 0.240 e. The summed E-state index contributed by atoms with van der Waals surface area (Å²) in [5, 5.41) is 8.79. The molecular formula is C20H25N3O3. The molecule has 0 spiro atoms. The minimum absolute atomic E-state index is 0.00533. The largest absolute Gasteiger partial charge is 0.496 e. The number of carbonyl (C=O) groups excluding carboxylic acids is 2. The maximum atomic E-state index is 12.8. The molecule has 2 aliphatic heterocycles. The van der Waals surface area contributed by atoms with Crippen molar-refractivity contribution in [3.8, 4) is 11.8 Å². The van der Waals surface area contributed by atoms with E-state index in [0.717, 1.165) is 49.2 Å². The van der Waals surface area contributed by atoms with Gasteiger partial charge in [-0.25, -0.2) is 0 Å². The minimum Gasteiger partial charge on any atom is -0.496 e. The van der Waals surface area contributed by atoms with Crippen molar-refractivity contribution >= 4 is 11.7 Å². The SMILES string of the molecule is COc1ccc(C(=O)C2CCN(C3CCN(CC#N)C3=O)CC2)cc1C. The average Bonchev–Trinajstić information content (AvgIpc) is 3.02. The quantitative estimate of drug-likeness (QED) is 0.597. The molecule has 3 rings (SSSR count). The lowest BCUT2D eigenvalue weighted by Gasteiger charge is -2.34. The second-order valence-corrected chi connectivity index (χ2v) is 7.08. The van der Waals surface area contributed by atoms with E-state index in [4.69, 9.17) is 10.00 Å². The monoisotopic (exact) mass is 355 g/mol. The number of ketones is 1. The van der Waals surface area contributed by atoms with E-state index in [-0.39, 0.29) is 30.2 Å².